The van der Waals surface area contributed by atoms with Crippen molar-refractivity contribution in [3.8, 4) is 17.2 Å². The molecule has 104 valence electrons. The summed E-state index contributed by atoms with van der Waals surface area (Å²) in [6.07, 6.45) is 2.77. The molecule has 2 aromatic rings. The van der Waals surface area contributed by atoms with Gasteiger partial charge in [-0.3, -0.25) is 5.43 Å². The first-order chi connectivity index (χ1) is 9.47. The number of nitrogens with zero attached hydrogens (tertiary/aromatic N) is 2. The van der Waals surface area contributed by atoms with Crippen molar-refractivity contribution in [1.29, 1.82) is 0 Å². The number of aromatic hydroxyl groups is 3. The Morgan fingerprint density at radius 3 is 2.55 bits per heavy atom. The zero-order chi connectivity index (χ0) is 14.7. The molecule has 0 fully saturated rings. The number of phenolic OH excluding ortho intramolecular Hbond substituents is 3. The molecule has 1 heterocycles. The Labute approximate surface area is 132 Å². The Hall–Kier alpha value is -1.74. The average Bonchev–Trinajstić information content (AvgIpc) is 2.38. The van der Waals surface area contributed by atoms with Gasteiger partial charge in [-0.15, -0.1) is 0 Å². The highest BCUT2D eigenvalue weighted by atomic mass is 127. The Morgan fingerprint density at radius 2 is 1.85 bits per heavy atom. The van der Waals surface area contributed by atoms with Gasteiger partial charge in [-0.05, 0) is 34.7 Å². The van der Waals surface area contributed by atoms with Crippen molar-refractivity contribution in [3.05, 3.63) is 38.6 Å². The molecule has 4 N–H and O–H groups in total. The second-order valence-corrected chi connectivity index (χ2v) is 5.35. The minimum atomic E-state index is -0.401. The Morgan fingerprint density at radius 1 is 1.15 bits per heavy atom. The van der Waals surface area contributed by atoms with Crippen LogP contribution in [0.5, 0.6) is 17.2 Å². The molecule has 0 bridgehead atoms. The monoisotopic (exact) mass is 405 g/mol. The molecule has 0 aliphatic rings. The van der Waals surface area contributed by atoms with E-state index in [-0.39, 0.29) is 17.1 Å². The van der Waals surface area contributed by atoms with Crippen LogP contribution >= 0.6 is 34.2 Å². The molecule has 0 aliphatic carbocycles. The number of benzene rings is 1. The first-order valence-corrected chi connectivity index (χ1v) is 6.78. The van der Waals surface area contributed by atoms with Crippen LogP contribution in [0.3, 0.4) is 0 Å². The van der Waals surface area contributed by atoms with Crippen molar-refractivity contribution in [2.75, 3.05) is 5.43 Å². The normalized spacial score (nSPS) is 10.9. The van der Waals surface area contributed by atoms with Crippen LogP contribution in [0.1, 0.15) is 5.56 Å². The summed E-state index contributed by atoms with van der Waals surface area (Å²) in [5.41, 5.74) is 2.93. The van der Waals surface area contributed by atoms with Crippen LogP contribution in [0, 0.1) is 3.57 Å². The van der Waals surface area contributed by atoms with Crippen molar-refractivity contribution in [3.63, 3.8) is 0 Å². The fraction of sp³-hybridized carbons (Fsp3) is 0. The lowest BCUT2D eigenvalue weighted by Gasteiger charge is -2.04. The van der Waals surface area contributed by atoms with Gasteiger partial charge >= 0.3 is 0 Å². The van der Waals surface area contributed by atoms with E-state index in [0.717, 1.165) is 9.64 Å². The molecule has 1 aromatic heterocycles. The fourth-order valence-corrected chi connectivity index (χ4v) is 2.28. The van der Waals surface area contributed by atoms with Gasteiger partial charge < -0.3 is 15.3 Å². The van der Waals surface area contributed by atoms with E-state index in [9.17, 15) is 15.3 Å². The minimum absolute atomic E-state index is 0.204. The third-order valence-corrected chi connectivity index (χ3v) is 3.33. The highest BCUT2D eigenvalue weighted by Crippen LogP contribution is 2.31. The number of rotatable bonds is 3. The Bertz CT molecular complexity index is 679. The van der Waals surface area contributed by atoms with Crippen LogP contribution in [0.4, 0.5) is 5.82 Å². The van der Waals surface area contributed by atoms with E-state index in [4.69, 9.17) is 11.6 Å². The smallest absolute Gasteiger partial charge is 0.161 e. The van der Waals surface area contributed by atoms with Crippen LogP contribution in [0.2, 0.25) is 5.02 Å². The van der Waals surface area contributed by atoms with Gasteiger partial charge in [-0.25, -0.2) is 4.98 Å². The van der Waals surface area contributed by atoms with Gasteiger partial charge in [0.1, 0.15) is 5.75 Å². The standard InChI is InChI=1S/C12H9ClIN3O3/c13-7-2-8(14)12(15-5-7)17-16-4-6-1-10(19)11(20)3-9(6)18/h1-5,18-20H,(H,15,17). The summed E-state index contributed by atoms with van der Waals surface area (Å²) in [6, 6.07) is 3.94. The van der Waals surface area contributed by atoms with Gasteiger partial charge in [0.05, 0.1) is 14.8 Å². The van der Waals surface area contributed by atoms with E-state index < -0.39 is 5.75 Å². The lowest BCUT2D eigenvalue weighted by Crippen LogP contribution is -1.96. The van der Waals surface area contributed by atoms with Crippen LogP contribution in [0.25, 0.3) is 0 Å². The Balaban J connectivity index is 2.16. The summed E-state index contributed by atoms with van der Waals surface area (Å²) in [5, 5.41) is 32.5. The predicted molar refractivity (Wildman–Crippen MR) is 84.6 cm³/mol. The highest BCUT2D eigenvalue weighted by Gasteiger charge is 2.06. The molecule has 0 saturated heterocycles. The maximum atomic E-state index is 9.58. The predicted octanol–water partition coefficient (Wildman–Crippen LogP) is 2.90. The van der Waals surface area contributed by atoms with Gasteiger partial charge in [0.2, 0.25) is 0 Å². The highest BCUT2D eigenvalue weighted by molar-refractivity contribution is 14.1. The largest absolute Gasteiger partial charge is 0.507 e. The molecule has 1 aromatic carbocycles. The van der Waals surface area contributed by atoms with Gasteiger partial charge in [0, 0.05) is 17.8 Å². The maximum Gasteiger partial charge on any atom is 0.161 e. The third kappa shape index (κ3) is 3.42. The number of hydrazone groups is 1. The Kier molecular flexibility index (Phi) is 4.50. The molecule has 0 spiro atoms. The van der Waals surface area contributed by atoms with Crippen molar-refractivity contribution < 1.29 is 15.3 Å². The average molecular weight is 406 g/mol. The summed E-state index contributed by atoms with van der Waals surface area (Å²) in [4.78, 5) is 4.05. The quantitative estimate of drug-likeness (QED) is 0.207. The lowest BCUT2D eigenvalue weighted by molar-refractivity contribution is 0.396. The number of hydrogen-bond donors (Lipinski definition) is 4. The van der Waals surface area contributed by atoms with Gasteiger partial charge in [-0.2, -0.15) is 5.10 Å². The lowest BCUT2D eigenvalue weighted by atomic mass is 10.2. The number of pyridine rings is 1. The van der Waals surface area contributed by atoms with Crippen molar-refractivity contribution >= 4 is 46.2 Å². The third-order valence-electron chi connectivity index (χ3n) is 2.31. The molecule has 0 unspecified atom stereocenters. The first kappa shape index (κ1) is 14.7. The summed E-state index contributed by atoms with van der Waals surface area (Å²) < 4.78 is 0.782. The number of hydrogen-bond acceptors (Lipinski definition) is 6. The maximum absolute atomic E-state index is 9.58. The van der Waals surface area contributed by atoms with E-state index in [1.807, 2.05) is 0 Å². The molecule has 2 rings (SSSR count). The van der Waals surface area contributed by atoms with Gasteiger partial charge in [0.15, 0.2) is 17.3 Å². The summed E-state index contributed by atoms with van der Waals surface area (Å²) in [6.45, 7) is 0. The molecule has 20 heavy (non-hydrogen) atoms. The van der Waals surface area contributed by atoms with Crippen molar-refractivity contribution in [2.24, 2.45) is 5.10 Å². The molecule has 0 atom stereocenters. The van der Waals surface area contributed by atoms with Crippen molar-refractivity contribution in [1.82, 2.24) is 4.98 Å². The van der Waals surface area contributed by atoms with E-state index in [1.54, 1.807) is 6.07 Å². The van der Waals surface area contributed by atoms with Crippen LogP contribution in [-0.4, -0.2) is 26.5 Å². The SMILES string of the molecule is Oc1cc(O)c(C=NNc2ncc(Cl)cc2I)cc1O. The second kappa shape index (κ2) is 6.14. The minimum Gasteiger partial charge on any atom is -0.507 e. The second-order valence-electron chi connectivity index (χ2n) is 3.75. The van der Waals surface area contributed by atoms with E-state index in [1.165, 1.54) is 18.5 Å². The topological polar surface area (TPSA) is 98.0 Å². The summed E-state index contributed by atoms with van der Waals surface area (Å²) >= 11 is 7.83. The zero-order valence-corrected chi connectivity index (χ0v) is 12.8. The number of aromatic nitrogens is 1. The van der Waals surface area contributed by atoms with Crippen molar-refractivity contribution in [2.45, 2.75) is 0 Å². The molecular formula is C12H9ClIN3O3. The molecule has 0 aliphatic heterocycles. The number of phenols is 3. The number of nitrogens with one attached hydrogen (secondary N) is 1. The number of anilines is 1. The molecule has 0 radical (unpaired) electrons. The summed E-state index contributed by atoms with van der Waals surface area (Å²) in [7, 11) is 0. The number of halogens is 2. The molecule has 8 heteroatoms. The molecule has 6 nitrogen and oxygen atoms in total. The van der Waals surface area contributed by atoms with Crippen LogP contribution in [0.15, 0.2) is 29.5 Å². The van der Waals surface area contributed by atoms with E-state index in [2.05, 4.69) is 38.1 Å². The molecule has 0 saturated carbocycles. The van der Waals surface area contributed by atoms with Crippen LogP contribution < -0.4 is 5.43 Å². The summed E-state index contributed by atoms with van der Waals surface area (Å²) in [5.74, 6) is -0.441. The van der Waals surface area contributed by atoms with E-state index in [0.29, 0.717) is 10.8 Å². The van der Waals surface area contributed by atoms with Gasteiger partial charge in [0.25, 0.3) is 0 Å². The van der Waals surface area contributed by atoms with Gasteiger partial charge in [-0.1, -0.05) is 11.6 Å². The fourth-order valence-electron chi connectivity index (χ4n) is 1.35. The van der Waals surface area contributed by atoms with E-state index >= 15 is 0 Å². The zero-order valence-electron chi connectivity index (χ0n) is 9.88. The molecular weight excluding hydrogens is 397 g/mol. The van der Waals surface area contributed by atoms with Crippen LogP contribution in [-0.2, 0) is 0 Å². The molecule has 0 amide bonds. The first-order valence-electron chi connectivity index (χ1n) is 5.32.